The second kappa shape index (κ2) is 7.84. The minimum Gasteiger partial charge on any atom is -0.444 e. The molecule has 1 fully saturated rings. The molecule has 20 heavy (non-hydrogen) atoms. The van der Waals surface area contributed by atoms with E-state index in [1.165, 1.54) is 12.8 Å². The lowest BCUT2D eigenvalue weighted by Crippen LogP contribution is -2.48. The topological polar surface area (TPSA) is 62.4 Å². The molecule has 5 nitrogen and oxygen atoms in total. The fourth-order valence-electron chi connectivity index (χ4n) is 2.28. The van der Waals surface area contributed by atoms with Gasteiger partial charge >= 0.3 is 6.09 Å². The molecule has 0 saturated carbocycles. The first-order valence-electron chi connectivity index (χ1n) is 7.71. The number of nitrogens with one attached hydrogen (secondary N) is 3. The molecule has 1 aliphatic heterocycles. The molecule has 0 aromatic heterocycles. The van der Waals surface area contributed by atoms with Crippen LogP contribution in [0.25, 0.3) is 0 Å². The Bertz CT molecular complexity index is 294. The van der Waals surface area contributed by atoms with E-state index in [1.54, 1.807) is 0 Å². The maximum absolute atomic E-state index is 11.7. The normalized spacial score (nSPS) is 21.0. The summed E-state index contributed by atoms with van der Waals surface area (Å²) >= 11 is 0. The monoisotopic (exact) mass is 285 g/mol. The summed E-state index contributed by atoms with van der Waals surface area (Å²) in [7, 11) is 0. The standard InChI is InChI=1S/C15H31N3O2/c1-11(2)13(17-9-12-7-6-8-16-12)10-18-14(19)20-15(3,4)5/h11-13,16-17H,6-10H2,1-5H3,(H,18,19). The zero-order valence-corrected chi connectivity index (χ0v) is 13.6. The van der Waals surface area contributed by atoms with Crippen LogP contribution in [0.1, 0.15) is 47.5 Å². The molecule has 0 spiro atoms. The highest BCUT2D eigenvalue weighted by Crippen LogP contribution is 2.08. The number of rotatable bonds is 6. The maximum Gasteiger partial charge on any atom is 0.407 e. The van der Waals surface area contributed by atoms with Gasteiger partial charge in [-0.2, -0.15) is 0 Å². The van der Waals surface area contributed by atoms with E-state index in [2.05, 4.69) is 29.8 Å². The second-order valence-corrected chi connectivity index (χ2v) is 6.93. The largest absolute Gasteiger partial charge is 0.444 e. The van der Waals surface area contributed by atoms with Gasteiger partial charge in [0, 0.05) is 25.2 Å². The molecule has 118 valence electrons. The second-order valence-electron chi connectivity index (χ2n) is 6.93. The Labute approximate surface area is 123 Å². The van der Waals surface area contributed by atoms with E-state index in [9.17, 15) is 4.79 Å². The number of hydrogen-bond donors (Lipinski definition) is 3. The summed E-state index contributed by atoms with van der Waals surface area (Å²) in [5.74, 6) is 0.464. The van der Waals surface area contributed by atoms with Gasteiger partial charge in [-0.3, -0.25) is 0 Å². The SMILES string of the molecule is CC(C)C(CNC(=O)OC(C)(C)C)NCC1CCCN1. The third kappa shape index (κ3) is 7.10. The van der Waals surface area contributed by atoms with Crippen molar-refractivity contribution in [3.8, 4) is 0 Å². The Balaban J connectivity index is 2.29. The summed E-state index contributed by atoms with van der Waals surface area (Å²) in [5.41, 5.74) is -0.446. The van der Waals surface area contributed by atoms with Crippen molar-refractivity contribution in [3.63, 3.8) is 0 Å². The van der Waals surface area contributed by atoms with Crippen LogP contribution >= 0.6 is 0 Å². The van der Waals surface area contributed by atoms with Crippen molar-refractivity contribution in [1.29, 1.82) is 0 Å². The van der Waals surface area contributed by atoms with Crippen LogP contribution in [-0.2, 0) is 4.74 Å². The molecule has 1 heterocycles. The predicted molar refractivity (Wildman–Crippen MR) is 81.9 cm³/mol. The fourth-order valence-corrected chi connectivity index (χ4v) is 2.28. The number of ether oxygens (including phenoxy) is 1. The molecule has 0 aromatic carbocycles. The van der Waals surface area contributed by atoms with Gasteiger partial charge in [0.1, 0.15) is 5.60 Å². The molecule has 0 bridgehead atoms. The van der Waals surface area contributed by atoms with Gasteiger partial charge in [0.05, 0.1) is 0 Å². The molecule has 0 aromatic rings. The molecular formula is C15H31N3O2. The van der Waals surface area contributed by atoms with Crippen LogP contribution in [0.4, 0.5) is 4.79 Å². The highest BCUT2D eigenvalue weighted by atomic mass is 16.6. The van der Waals surface area contributed by atoms with Crippen LogP contribution in [0.2, 0.25) is 0 Å². The first-order valence-corrected chi connectivity index (χ1v) is 7.71. The van der Waals surface area contributed by atoms with Crippen molar-refractivity contribution in [2.24, 2.45) is 5.92 Å². The summed E-state index contributed by atoms with van der Waals surface area (Å²) in [5, 5.41) is 9.87. The van der Waals surface area contributed by atoms with Crippen molar-refractivity contribution < 1.29 is 9.53 Å². The van der Waals surface area contributed by atoms with Crippen molar-refractivity contribution in [2.45, 2.75) is 65.1 Å². The van der Waals surface area contributed by atoms with E-state index in [0.29, 0.717) is 18.5 Å². The van der Waals surface area contributed by atoms with E-state index in [-0.39, 0.29) is 12.1 Å². The lowest BCUT2D eigenvalue weighted by atomic mass is 10.0. The number of amides is 1. The molecule has 0 radical (unpaired) electrons. The minimum atomic E-state index is -0.446. The molecule has 1 saturated heterocycles. The molecule has 2 unspecified atom stereocenters. The average molecular weight is 285 g/mol. The van der Waals surface area contributed by atoms with Crippen LogP contribution < -0.4 is 16.0 Å². The third-order valence-corrected chi connectivity index (χ3v) is 3.46. The molecule has 1 amide bonds. The Morgan fingerprint density at radius 1 is 1.40 bits per heavy atom. The van der Waals surface area contributed by atoms with Gasteiger partial charge in [0.2, 0.25) is 0 Å². The first kappa shape index (κ1) is 17.2. The van der Waals surface area contributed by atoms with Crippen molar-refractivity contribution in [3.05, 3.63) is 0 Å². The van der Waals surface area contributed by atoms with Crippen LogP contribution in [0, 0.1) is 5.92 Å². The third-order valence-electron chi connectivity index (χ3n) is 3.46. The predicted octanol–water partition coefficient (Wildman–Crippen LogP) is 1.88. The van der Waals surface area contributed by atoms with Gasteiger partial charge in [0.15, 0.2) is 0 Å². The quantitative estimate of drug-likeness (QED) is 0.697. The van der Waals surface area contributed by atoms with E-state index >= 15 is 0 Å². The van der Waals surface area contributed by atoms with E-state index in [0.717, 1.165) is 13.1 Å². The lowest BCUT2D eigenvalue weighted by Gasteiger charge is -2.26. The van der Waals surface area contributed by atoms with Gasteiger partial charge in [-0.15, -0.1) is 0 Å². The van der Waals surface area contributed by atoms with Gasteiger partial charge in [-0.05, 0) is 46.1 Å². The van der Waals surface area contributed by atoms with Crippen molar-refractivity contribution in [2.75, 3.05) is 19.6 Å². The zero-order chi connectivity index (χ0) is 15.2. The molecule has 3 N–H and O–H groups in total. The molecule has 1 rings (SSSR count). The summed E-state index contributed by atoms with van der Waals surface area (Å²) in [4.78, 5) is 11.7. The van der Waals surface area contributed by atoms with Gasteiger partial charge in [-0.25, -0.2) is 4.79 Å². The number of carbonyl (C=O) groups is 1. The number of carbonyl (C=O) groups excluding carboxylic acids is 1. The number of alkyl carbamates (subject to hydrolysis) is 1. The summed E-state index contributed by atoms with van der Waals surface area (Å²) in [6.07, 6.45) is 2.15. The summed E-state index contributed by atoms with van der Waals surface area (Å²) < 4.78 is 5.26. The van der Waals surface area contributed by atoms with Crippen LogP contribution in [0.15, 0.2) is 0 Å². The Morgan fingerprint density at radius 3 is 2.60 bits per heavy atom. The van der Waals surface area contributed by atoms with E-state index in [1.807, 2.05) is 20.8 Å². The molecule has 5 heteroatoms. The van der Waals surface area contributed by atoms with Gasteiger partial charge in [-0.1, -0.05) is 13.8 Å². The summed E-state index contributed by atoms with van der Waals surface area (Å²) in [6.45, 7) is 12.6. The van der Waals surface area contributed by atoms with E-state index in [4.69, 9.17) is 4.74 Å². The molecule has 2 atom stereocenters. The molecular weight excluding hydrogens is 254 g/mol. The zero-order valence-electron chi connectivity index (χ0n) is 13.6. The van der Waals surface area contributed by atoms with Crippen LogP contribution in [-0.4, -0.2) is 43.4 Å². The first-order chi connectivity index (χ1) is 9.28. The van der Waals surface area contributed by atoms with Crippen molar-refractivity contribution >= 4 is 6.09 Å². The van der Waals surface area contributed by atoms with Gasteiger partial charge in [0.25, 0.3) is 0 Å². The Hall–Kier alpha value is -0.810. The molecule has 0 aliphatic carbocycles. The Morgan fingerprint density at radius 2 is 2.10 bits per heavy atom. The van der Waals surface area contributed by atoms with Crippen LogP contribution in [0.3, 0.4) is 0 Å². The molecule has 1 aliphatic rings. The van der Waals surface area contributed by atoms with Crippen LogP contribution in [0.5, 0.6) is 0 Å². The Kier molecular flexibility index (Phi) is 6.76. The highest BCUT2D eigenvalue weighted by Gasteiger charge is 2.20. The lowest BCUT2D eigenvalue weighted by molar-refractivity contribution is 0.0519. The van der Waals surface area contributed by atoms with Crippen molar-refractivity contribution in [1.82, 2.24) is 16.0 Å². The fraction of sp³-hybridized carbons (Fsp3) is 0.933. The summed E-state index contributed by atoms with van der Waals surface area (Å²) in [6, 6.07) is 0.836. The minimum absolute atomic E-state index is 0.268. The smallest absolute Gasteiger partial charge is 0.407 e. The highest BCUT2D eigenvalue weighted by molar-refractivity contribution is 5.67. The van der Waals surface area contributed by atoms with E-state index < -0.39 is 5.60 Å². The number of hydrogen-bond acceptors (Lipinski definition) is 4. The van der Waals surface area contributed by atoms with Gasteiger partial charge < -0.3 is 20.7 Å². The average Bonchev–Trinajstić information content (AvgIpc) is 2.78. The maximum atomic E-state index is 11.7.